The zero-order valence-electron chi connectivity index (χ0n) is 14.5. The number of nitrogens with one attached hydrogen (secondary N) is 2. The monoisotopic (exact) mass is 452 g/mol. The maximum atomic E-state index is 12.4. The number of hydrazone groups is 1. The van der Waals surface area contributed by atoms with Gasteiger partial charge in [0.05, 0.1) is 22.3 Å². The molecular formula is C21H14BrClN4O. The van der Waals surface area contributed by atoms with Crippen LogP contribution in [-0.2, 0) is 0 Å². The number of aromatic nitrogens is 2. The number of hydrogen-bond acceptors (Lipinski definition) is 3. The van der Waals surface area contributed by atoms with E-state index in [4.69, 9.17) is 11.6 Å². The van der Waals surface area contributed by atoms with Gasteiger partial charge in [-0.2, -0.15) is 5.10 Å². The largest absolute Gasteiger partial charge is 0.338 e. The maximum Gasteiger partial charge on any atom is 0.271 e. The molecule has 28 heavy (non-hydrogen) atoms. The Morgan fingerprint density at radius 2 is 1.96 bits per heavy atom. The summed E-state index contributed by atoms with van der Waals surface area (Å²) in [6, 6.07) is 20.3. The molecule has 0 bridgehead atoms. The highest BCUT2D eigenvalue weighted by Crippen LogP contribution is 2.27. The summed E-state index contributed by atoms with van der Waals surface area (Å²) in [5.41, 5.74) is 6.21. The van der Waals surface area contributed by atoms with Crippen LogP contribution in [0.4, 0.5) is 0 Å². The molecule has 0 aliphatic carbocycles. The van der Waals surface area contributed by atoms with Gasteiger partial charge in [-0.25, -0.2) is 10.4 Å². The third-order valence-electron chi connectivity index (χ3n) is 4.10. The zero-order chi connectivity index (χ0) is 19.5. The van der Waals surface area contributed by atoms with E-state index in [1.54, 1.807) is 24.4 Å². The van der Waals surface area contributed by atoms with Gasteiger partial charge in [0, 0.05) is 15.6 Å². The van der Waals surface area contributed by atoms with Crippen molar-refractivity contribution in [1.82, 2.24) is 15.4 Å². The predicted octanol–water partition coefficient (Wildman–Crippen LogP) is 5.41. The van der Waals surface area contributed by atoms with Crippen molar-refractivity contribution >= 4 is 50.7 Å². The Labute approximate surface area is 174 Å². The van der Waals surface area contributed by atoms with E-state index in [1.165, 1.54) is 0 Å². The van der Waals surface area contributed by atoms with Crippen LogP contribution in [0.5, 0.6) is 0 Å². The molecule has 0 saturated carbocycles. The van der Waals surface area contributed by atoms with Gasteiger partial charge in [0.25, 0.3) is 5.91 Å². The van der Waals surface area contributed by atoms with Gasteiger partial charge in [0.1, 0.15) is 5.82 Å². The second-order valence-electron chi connectivity index (χ2n) is 6.05. The molecule has 5 nitrogen and oxygen atoms in total. The quantitative estimate of drug-likeness (QED) is 0.320. The number of carbonyl (C=O) groups excluding carboxylic acids is 1. The summed E-state index contributed by atoms with van der Waals surface area (Å²) >= 11 is 9.64. The average molecular weight is 454 g/mol. The molecule has 4 aromatic rings. The highest BCUT2D eigenvalue weighted by molar-refractivity contribution is 9.10. The van der Waals surface area contributed by atoms with Crippen LogP contribution in [0.1, 0.15) is 15.9 Å². The lowest BCUT2D eigenvalue weighted by Gasteiger charge is -2.00. The van der Waals surface area contributed by atoms with Gasteiger partial charge in [-0.15, -0.1) is 0 Å². The van der Waals surface area contributed by atoms with Crippen molar-refractivity contribution in [3.8, 4) is 11.4 Å². The maximum absolute atomic E-state index is 12.4. The Kier molecular flexibility index (Phi) is 5.23. The summed E-state index contributed by atoms with van der Waals surface area (Å²) in [4.78, 5) is 20.2. The number of nitrogens with zero attached hydrogens (tertiary/aromatic N) is 2. The summed E-state index contributed by atoms with van der Waals surface area (Å²) in [7, 11) is 0. The van der Waals surface area contributed by atoms with Crippen LogP contribution >= 0.6 is 27.5 Å². The number of amides is 1. The highest BCUT2D eigenvalue weighted by Gasteiger charge is 2.11. The van der Waals surface area contributed by atoms with E-state index in [9.17, 15) is 4.79 Å². The average Bonchev–Trinajstić information content (AvgIpc) is 3.11. The van der Waals surface area contributed by atoms with Crippen LogP contribution < -0.4 is 5.43 Å². The number of H-pyrrole nitrogens is 1. The topological polar surface area (TPSA) is 70.1 Å². The van der Waals surface area contributed by atoms with Gasteiger partial charge in [-0.3, -0.25) is 4.79 Å². The molecule has 4 rings (SSSR count). The van der Waals surface area contributed by atoms with Crippen LogP contribution in [0.25, 0.3) is 22.4 Å². The summed E-state index contributed by atoms with van der Waals surface area (Å²) in [5.74, 6) is 0.355. The first kappa shape index (κ1) is 18.4. The van der Waals surface area contributed by atoms with Crippen molar-refractivity contribution in [3.63, 3.8) is 0 Å². The van der Waals surface area contributed by atoms with Gasteiger partial charge >= 0.3 is 0 Å². The molecule has 0 saturated heterocycles. The van der Waals surface area contributed by atoms with Crippen LogP contribution in [0.2, 0.25) is 5.02 Å². The molecule has 0 aliphatic rings. The minimum absolute atomic E-state index is 0.304. The third kappa shape index (κ3) is 3.98. The number of aromatic amines is 1. The fraction of sp³-hybridized carbons (Fsp3) is 0. The molecule has 1 heterocycles. The number of imidazole rings is 1. The molecule has 0 aliphatic heterocycles. The van der Waals surface area contributed by atoms with Crippen molar-refractivity contribution in [1.29, 1.82) is 0 Å². The van der Waals surface area contributed by atoms with E-state index < -0.39 is 0 Å². The summed E-state index contributed by atoms with van der Waals surface area (Å²) < 4.78 is 0.946. The molecule has 3 aromatic carbocycles. The minimum atomic E-state index is -0.304. The second kappa shape index (κ2) is 7.96. The first-order chi connectivity index (χ1) is 13.6. The molecule has 7 heteroatoms. The molecule has 0 radical (unpaired) electrons. The predicted molar refractivity (Wildman–Crippen MR) is 116 cm³/mol. The standard InChI is InChI=1S/C21H14BrClN4O/c22-15-5-3-4-13(10-15)12-24-27-21(28)14-8-9-18-19(11-14)26-20(25-18)16-6-1-2-7-17(16)23/h1-12H,(H,25,26)(H,27,28)/b24-12+. The van der Waals surface area contributed by atoms with Crippen LogP contribution in [0.15, 0.2) is 76.3 Å². The Hall–Kier alpha value is -2.96. The van der Waals surface area contributed by atoms with E-state index >= 15 is 0 Å². The lowest BCUT2D eigenvalue weighted by Crippen LogP contribution is -2.17. The Morgan fingerprint density at radius 1 is 1.11 bits per heavy atom. The molecule has 0 unspecified atom stereocenters. The zero-order valence-corrected chi connectivity index (χ0v) is 16.8. The number of halogens is 2. The SMILES string of the molecule is O=C(N/N=C/c1cccc(Br)c1)c1ccc2nc(-c3ccccc3Cl)[nH]c2c1. The van der Waals surface area contributed by atoms with E-state index in [0.717, 1.165) is 26.6 Å². The molecular weight excluding hydrogens is 440 g/mol. The molecule has 0 spiro atoms. The third-order valence-corrected chi connectivity index (χ3v) is 4.92. The second-order valence-corrected chi connectivity index (χ2v) is 7.37. The summed E-state index contributed by atoms with van der Waals surface area (Å²) in [6.45, 7) is 0. The van der Waals surface area contributed by atoms with E-state index in [1.807, 2.05) is 48.5 Å². The van der Waals surface area contributed by atoms with Crippen molar-refractivity contribution in [2.24, 2.45) is 5.10 Å². The number of hydrogen-bond donors (Lipinski definition) is 2. The Morgan fingerprint density at radius 3 is 2.79 bits per heavy atom. The van der Waals surface area contributed by atoms with Crippen LogP contribution in [0, 0.1) is 0 Å². The number of carbonyl (C=O) groups is 1. The van der Waals surface area contributed by atoms with E-state index in [2.05, 4.69) is 36.4 Å². The lowest BCUT2D eigenvalue weighted by molar-refractivity contribution is 0.0955. The summed E-state index contributed by atoms with van der Waals surface area (Å²) in [5, 5.41) is 4.63. The van der Waals surface area contributed by atoms with E-state index in [0.29, 0.717) is 16.4 Å². The molecule has 1 aromatic heterocycles. The van der Waals surface area contributed by atoms with Crippen molar-refractivity contribution in [3.05, 3.63) is 87.4 Å². The number of rotatable bonds is 4. The van der Waals surface area contributed by atoms with Gasteiger partial charge in [0.2, 0.25) is 0 Å². The van der Waals surface area contributed by atoms with E-state index in [-0.39, 0.29) is 5.91 Å². The minimum Gasteiger partial charge on any atom is -0.338 e. The Balaban J connectivity index is 1.54. The van der Waals surface area contributed by atoms with Gasteiger partial charge in [0.15, 0.2) is 0 Å². The first-order valence-electron chi connectivity index (χ1n) is 8.44. The van der Waals surface area contributed by atoms with Crippen molar-refractivity contribution in [2.75, 3.05) is 0 Å². The van der Waals surface area contributed by atoms with Gasteiger partial charge in [-0.05, 0) is 48.0 Å². The van der Waals surface area contributed by atoms with Crippen LogP contribution in [-0.4, -0.2) is 22.1 Å². The van der Waals surface area contributed by atoms with Crippen molar-refractivity contribution in [2.45, 2.75) is 0 Å². The highest BCUT2D eigenvalue weighted by atomic mass is 79.9. The van der Waals surface area contributed by atoms with Crippen LogP contribution in [0.3, 0.4) is 0 Å². The number of benzene rings is 3. The Bertz CT molecular complexity index is 1200. The normalized spacial score (nSPS) is 11.2. The summed E-state index contributed by atoms with van der Waals surface area (Å²) in [6.07, 6.45) is 1.59. The molecule has 138 valence electrons. The molecule has 0 atom stereocenters. The molecule has 0 fully saturated rings. The fourth-order valence-electron chi connectivity index (χ4n) is 2.75. The fourth-order valence-corrected chi connectivity index (χ4v) is 3.39. The number of fused-ring (bicyclic) bond motifs is 1. The molecule has 2 N–H and O–H groups in total. The van der Waals surface area contributed by atoms with Gasteiger partial charge in [-0.1, -0.05) is 51.8 Å². The lowest BCUT2D eigenvalue weighted by atomic mass is 10.2. The van der Waals surface area contributed by atoms with Gasteiger partial charge < -0.3 is 4.98 Å². The smallest absolute Gasteiger partial charge is 0.271 e. The van der Waals surface area contributed by atoms with Crippen molar-refractivity contribution < 1.29 is 4.79 Å². The molecule has 1 amide bonds. The first-order valence-corrected chi connectivity index (χ1v) is 9.61.